The van der Waals surface area contributed by atoms with E-state index in [4.69, 9.17) is 0 Å². The van der Waals surface area contributed by atoms with Crippen LogP contribution in [0.15, 0.2) is 0 Å². The zero-order valence-electron chi connectivity index (χ0n) is 11.5. The molecule has 5 unspecified atom stereocenters. The Kier molecular flexibility index (Phi) is 4.45. The Balaban J connectivity index is 1.97. The Labute approximate surface area is 106 Å². The van der Waals surface area contributed by atoms with Crippen molar-refractivity contribution in [2.45, 2.75) is 57.7 Å². The van der Waals surface area contributed by atoms with Crippen molar-refractivity contribution >= 4 is 0 Å². The average molecular weight is 240 g/mol. The zero-order chi connectivity index (χ0) is 12.4. The number of likely N-dealkylation sites (N-methyl/N-ethyl adjacent to an activating group) is 1. The fourth-order valence-corrected chi connectivity index (χ4v) is 3.46. The molecule has 3 nitrogen and oxygen atoms in total. The summed E-state index contributed by atoms with van der Waals surface area (Å²) in [6.45, 7) is 6.72. The smallest absolute Gasteiger partial charge is 0.0578 e. The maximum absolute atomic E-state index is 10.1. The Hall–Kier alpha value is -0.120. The van der Waals surface area contributed by atoms with E-state index in [1.807, 2.05) is 7.05 Å². The number of hydrogen-bond acceptors (Lipinski definition) is 3. The van der Waals surface area contributed by atoms with Crippen molar-refractivity contribution in [3.63, 3.8) is 0 Å². The molecule has 3 heteroatoms. The van der Waals surface area contributed by atoms with Gasteiger partial charge in [-0.1, -0.05) is 13.8 Å². The molecule has 0 spiro atoms. The highest BCUT2D eigenvalue weighted by molar-refractivity contribution is 4.93. The van der Waals surface area contributed by atoms with E-state index in [9.17, 15) is 5.11 Å². The summed E-state index contributed by atoms with van der Waals surface area (Å²) >= 11 is 0. The van der Waals surface area contributed by atoms with Crippen LogP contribution in [0.25, 0.3) is 0 Å². The van der Waals surface area contributed by atoms with Gasteiger partial charge in [0.25, 0.3) is 0 Å². The summed E-state index contributed by atoms with van der Waals surface area (Å²) in [5.74, 6) is 1.31. The van der Waals surface area contributed by atoms with Gasteiger partial charge in [0.15, 0.2) is 0 Å². The molecule has 1 aliphatic carbocycles. The molecule has 1 saturated carbocycles. The Bertz CT molecular complexity index is 246. The van der Waals surface area contributed by atoms with E-state index in [-0.39, 0.29) is 6.10 Å². The summed E-state index contributed by atoms with van der Waals surface area (Å²) in [7, 11) is 2.05. The first-order chi connectivity index (χ1) is 8.15. The van der Waals surface area contributed by atoms with Gasteiger partial charge < -0.3 is 10.4 Å². The molecule has 2 N–H and O–H groups in total. The Morgan fingerprint density at radius 2 is 2.12 bits per heavy atom. The van der Waals surface area contributed by atoms with Crippen molar-refractivity contribution in [1.29, 1.82) is 0 Å². The summed E-state index contributed by atoms with van der Waals surface area (Å²) in [5, 5.41) is 13.5. The SMILES string of the molecule is CCC(O)C1CC(NC)CN(C2CCC2C)C1. The van der Waals surface area contributed by atoms with Crippen molar-refractivity contribution in [1.82, 2.24) is 10.2 Å². The van der Waals surface area contributed by atoms with Crippen LogP contribution in [-0.2, 0) is 0 Å². The van der Waals surface area contributed by atoms with E-state index >= 15 is 0 Å². The monoisotopic (exact) mass is 240 g/mol. The predicted molar refractivity (Wildman–Crippen MR) is 71.0 cm³/mol. The van der Waals surface area contributed by atoms with Gasteiger partial charge in [0, 0.05) is 25.2 Å². The fourth-order valence-electron chi connectivity index (χ4n) is 3.46. The number of hydrogen-bond donors (Lipinski definition) is 2. The highest BCUT2D eigenvalue weighted by Gasteiger charge is 2.38. The number of nitrogens with zero attached hydrogens (tertiary/aromatic N) is 1. The molecule has 0 aromatic carbocycles. The maximum atomic E-state index is 10.1. The zero-order valence-corrected chi connectivity index (χ0v) is 11.5. The predicted octanol–water partition coefficient (Wildman–Crippen LogP) is 1.47. The van der Waals surface area contributed by atoms with E-state index in [0.717, 1.165) is 31.3 Å². The van der Waals surface area contributed by atoms with Crippen molar-refractivity contribution in [3.05, 3.63) is 0 Å². The normalized spacial score (nSPS) is 40.9. The lowest BCUT2D eigenvalue weighted by Crippen LogP contribution is -2.57. The van der Waals surface area contributed by atoms with Crippen molar-refractivity contribution < 1.29 is 5.11 Å². The van der Waals surface area contributed by atoms with Crippen LogP contribution in [0.3, 0.4) is 0 Å². The molecule has 17 heavy (non-hydrogen) atoms. The van der Waals surface area contributed by atoms with Gasteiger partial charge in [-0.25, -0.2) is 0 Å². The molecule has 2 fully saturated rings. The van der Waals surface area contributed by atoms with Crippen LogP contribution in [0.5, 0.6) is 0 Å². The number of nitrogens with one attached hydrogen (secondary N) is 1. The van der Waals surface area contributed by atoms with Gasteiger partial charge in [-0.05, 0) is 44.6 Å². The second-order valence-corrected chi connectivity index (χ2v) is 6.03. The largest absolute Gasteiger partial charge is 0.393 e. The van der Waals surface area contributed by atoms with E-state index in [0.29, 0.717) is 12.0 Å². The first kappa shape index (κ1) is 13.3. The molecule has 0 bridgehead atoms. The second kappa shape index (κ2) is 5.68. The van der Waals surface area contributed by atoms with E-state index < -0.39 is 0 Å². The number of likely N-dealkylation sites (tertiary alicyclic amines) is 1. The summed E-state index contributed by atoms with van der Waals surface area (Å²) in [4.78, 5) is 2.63. The molecule has 5 atom stereocenters. The lowest BCUT2D eigenvalue weighted by molar-refractivity contribution is -0.0150. The highest BCUT2D eigenvalue weighted by Crippen LogP contribution is 2.35. The molecule has 0 aromatic rings. The van der Waals surface area contributed by atoms with Crippen LogP contribution in [0.2, 0.25) is 0 Å². The Morgan fingerprint density at radius 3 is 2.59 bits per heavy atom. The van der Waals surface area contributed by atoms with Gasteiger partial charge in [-0.3, -0.25) is 4.90 Å². The average Bonchev–Trinajstić information content (AvgIpc) is 2.35. The minimum absolute atomic E-state index is 0.121. The Morgan fingerprint density at radius 1 is 1.35 bits per heavy atom. The number of piperidine rings is 1. The molecule has 2 rings (SSSR count). The molecule has 1 saturated heterocycles. The summed E-state index contributed by atoms with van der Waals surface area (Å²) in [5.41, 5.74) is 0. The third-order valence-electron chi connectivity index (χ3n) is 4.93. The van der Waals surface area contributed by atoms with E-state index in [1.54, 1.807) is 0 Å². The quantitative estimate of drug-likeness (QED) is 0.781. The van der Waals surface area contributed by atoms with Crippen LogP contribution in [0.4, 0.5) is 0 Å². The molecule has 0 aromatic heterocycles. The molecular formula is C14H28N2O. The van der Waals surface area contributed by atoms with Crippen LogP contribution >= 0.6 is 0 Å². The molecule has 2 aliphatic rings. The van der Waals surface area contributed by atoms with Crippen LogP contribution < -0.4 is 5.32 Å². The molecule has 0 radical (unpaired) electrons. The maximum Gasteiger partial charge on any atom is 0.0578 e. The standard InChI is InChI=1S/C14H28N2O/c1-4-14(17)11-7-12(15-3)9-16(8-11)13-6-5-10(13)2/h10-15,17H,4-9H2,1-3H3. The first-order valence-electron chi connectivity index (χ1n) is 7.25. The van der Waals surface area contributed by atoms with Crippen molar-refractivity contribution in [2.24, 2.45) is 11.8 Å². The molecule has 100 valence electrons. The van der Waals surface area contributed by atoms with Crippen LogP contribution in [0, 0.1) is 11.8 Å². The third kappa shape index (κ3) is 2.83. The molecule has 0 amide bonds. The fraction of sp³-hybridized carbons (Fsp3) is 1.00. The minimum Gasteiger partial charge on any atom is -0.393 e. The molecule has 1 heterocycles. The minimum atomic E-state index is -0.121. The second-order valence-electron chi connectivity index (χ2n) is 6.03. The summed E-state index contributed by atoms with van der Waals surface area (Å²) in [6, 6.07) is 1.33. The topological polar surface area (TPSA) is 35.5 Å². The number of aliphatic hydroxyl groups excluding tert-OH is 1. The highest BCUT2D eigenvalue weighted by atomic mass is 16.3. The van der Waals surface area contributed by atoms with E-state index in [2.05, 4.69) is 24.1 Å². The summed E-state index contributed by atoms with van der Waals surface area (Å²) in [6.07, 6.45) is 4.63. The van der Waals surface area contributed by atoms with Crippen molar-refractivity contribution in [3.8, 4) is 0 Å². The van der Waals surface area contributed by atoms with Crippen LogP contribution in [-0.4, -0.2) is 48.3 Å². The van der Waals surface area contributed by atoms with Gasteiger partial charge in [0.1, 0.15) is 0 Å². The summed E-state index contributed by atoms with van der Waals surface area (Å²) < 4.78 is 0. The van der Waals surface area contributed by atoms with Crippen molar-refractivity contribution in [2.75, 3.05) is 20.1 Å². The van der Waals surface area contributed by atoms with Gasteiger partial charge >= 0.3 is 0 Å². The number of aliphatic hydroxyl groups is 1. The van der Waals surface area contributed by atoms with Gasteiger partial charge in [-0.15, -0.1) is 0 Å². The third-order valence-corrected chi connectivity index (χ3v) is 4.93. The first-order valence-corrected chi connectivity index (χ1v) is 7.25. The lowest BCUT2D eigenvalue weighted by Gasteiger charge is -2.49. The van der Waals surface area contributed by atoms with Gasteiger partial charge in [0.2, 0.25) is 0 Å². The molecular weight excluding hydrogens is 212 g/mol. The molecule has 1 aliphatic heterocycles. The number of rotatable bonds is 4. The van der Waals surface area contributed by atoms with Gasteiger partial charge in [0.05, 0.1) is 6.10 Å². The van der Waals surface area contributed by atoms with E-state index in [1.165, 1.54) is 19.4 Å². The van der Waals surface area contributed by atoms with Crippen LogP contribution in [0.1, 0.15) is 39.5 Å². The van der Waals surface area contributed by atoms with Gasteiger partial charge in [-0.2, -0.15) is 0 Å². The lowest BCUT2D eigenvalue weighted by atomic mass is 9.77.